The summed E-state index contributed by atoms with van der Waals surface area (Å²) in [7, 11) is 0. The van der Waals surface area contributed by atoms with Crippen molar-refractivity contribution >= 4 is 34.6 Å². The standard InChI is InChI=1S/C16H16ClN3S/c1-16(11-12-5-3-2-4-6-12)18-15(21)20(19-16)14-9-7-13(17)8-10-14/h2-10,19H,11H2,1H3,(H,18,21). The summed E-state index contributed by atoms with van der Waals surface area (Å²) in [5, 5.41) is 6.61. The summed E-state index contributed by atoms with van der Waals surface area (Å²) in [4.78, 5) is 0. The van der Waals surface area contributed by atoms with Crippen molar-refractivity contribution in [1.82, 2.24) is 10.7 Å². The fraction of sp³-hybridized carbons (Fsp3) is 0.188. The van der Waals surface area contributed by atoms with Gasteiger partial charge in [-0.2, -0.15) is 0 Å². The number of halogens is 1. The van der Waals surface area contributed by atoms with Crippen LogP contribution in [-0.4, -0.2) is 10.8 Å². The number of hydrazine groups is 1. The molecule has 21 heavy (non-hydrogen) atoms. The molecule has 1 unspecified atom stereocenters. The second-order valence-electron chi connectivity index (χ2n) is 5.35. The summed E-state index contributed by atoms with van der Waals surface area (Å²) in [6.45, 7) is 2.10. The van der Waals surface area contributed by atoms with Gasteiger partial charge in [-0.15, -0.1) is 0 Å². The number of anilines is 1. The Hall–Kier alpha value is -1.62. The van der Waals surface area contributed by atoms with Gasteiger partial charge in [-0.3, -0.25) is 5.01 Å². The molecule has 1 saturated heterocycles. The number of nitrogens with zero attached hydrogens (tertiary/aromatic N) is 1. The highest BCUT2D eigenvalue weighted by Gasteiger charge is 2.36. The van der Waals surface area contributed by atoms with Crippen LogP contribution in [0.2, 0.25) is 5.02 Å². The van der Waals surface area contributed by atoms with Crippen molar-refractivity contribution in [3.8, 4) is 0 Å². The summed E-state index contributed by atoms with van der Waals surface area (Å²) in [5.74, 6) is 0. The molecule has 0 radical (unpaired) electrons. The molecule has 0 saturated carbocycles. The van der Waals surface area contributed by atoms with Crippen molar-refractivity contribution in [2.75, 3.05) is 5.01 Å². The van der Waals surface area contributed by atoms with Crippen LogP contribution in [0.25, 0.3) is 0 Å². The molecule has 1 aliphatic rings. The highest BCUT2D eigenvalue weighted by atomic mass is 35.5. The summed E-state index contributed by atoms with van der Waals surface area (Å²) in [6, 6.07) is 17.9. The van der Waals surface area contributed by atoms with Crippen LogP contribution in [0.3, 0.4) is 0 Å². The fourth-order valence-corrected chi connectivity index (χ4v) is 2.98. The molecule has 2 aromatic carbocycles. The Morgan fingerprint density at radius 1 is 1.10 bits per heavy atom. The zero-order chi connectivity index (χ0) is 14.9. The highest BCUT2D eigenvalue weighted by molar-refractivity contribution is 7.80. The summed E-state index contributed by atoms with van der Waals surface area (Å²) in [6.07, 6.45) is 0.831. The van der Waals surface area contributed by atoms with Gasteiger partial charge in [-0.05, 0) is 49.0 Å². The van der Waals surface area contributed by atoms with Crippen molar-refractivity contribution in [2.24, 2.45) is 0 Å². The molecule has 108 valence electrons. The molecule has 3 nitrogen and oxygen atoms in total. The molecule has 2 aromatic rings. The lowest BCUT2D eigenvalue weighted by atomic mass is 10.0. The minimum atomic E-state index is -0.307. The van der Waals surface area contributed by atoms with E-state index in [9.17, 15) is 0 Å². The molecule has 0 spiro atoms. The van der Waals surface area contributed by atoms with Gasteiger partial charge in [-0.1, -0.05) is 41.9 Å². The quantitative estimate of drug-likeness (QED) is 0.847. The van der Waals surface area contributed by atoms with E-state index in [1.807, 2.05) is 47.5 Å². The van der Waals surface area contributed by atoms with E-state index < -0.39 is 0 Å². The first kappa shape index (κ1) is 14.3. The lowest BCUT2D eigenvalue weighted by Crippen LogP contribution is -2.50. The Morgan fingerprint density at radius 2 is 1.76 bits per heavy atom. The molecule has 1 atom stereocenters. The highest BCUT2D eigenvalue weighted by Crippen LogP contribution is 2.23. The zero-order valence-electron chi connectivity index (χ0n) is 11.6. The van der Waals surface area contributed by atoms with Crippen LogP contribution in [0.5, 0.6) is 0 Å². The van der Waals surface area contributed by atoms with Crippen LogP contribution in [0.15, 0.2) is 54.6 Å². The van der Waals surface area contributed by atoms with Gasteiger partial charge in [-0.25, -0.2) is 5.43 Å². The molecule has 0 bridgehead atoms. The molecule has 3 rings (SSSR count). The average Bonchev–Trinajstić information content (AvgIpc) is 2.76. The smallest absolute Gasteiger partial charge is 0.189 e. The largest absolute Gasteiger partial charge is 0.342 e. The second-order valence-corrected chi connectivity index (χ2v) is 6.17. The van der Waals surface area contributed by atoms with E-state index in [1.165, 1.54) is 5.56 Å². The Bertz CT molecular complexity index is 644. The minimum Gasteiger partial charge on any atom is -0.342 e. The molecule has 0 amide bonds. The van der Waals surface area contributed by atoms with Crippen LogP contribution in [-0.2, 0) is 6.42 Å². The van der Waals surface area contributed by atoms with Crippen LogP contribution in [0.1, 0.15) is 12.5 Å². The van der Waals surface area contributed by atoms with Crippen molar-refractivity contribution in [3.05, 3.63) is 65.2 Å². The van der Waals surface area contributed by atoms with E-state index >= 15 is 0 Å². The van der Waals surface area contributed by atoms with Crippen LogP contribution < -0.4 is 15.8 Å². The Kier molecular flexibility index (Phi) is 3.85. The van der Waals surface area contributed by atoms with E-state index in [2.05, 4.69) is 29.8 Å². The number of nitrogens with one attached hydrogen (secondary N) is 2. The Balaban J connectivity index is 1.79. The summed E-state index contributed by atoms with van der Waals surface area (Å²) >= 11 is 11.4. The van der Waals surface area contributed by atoms with E-state index in [0.29, 0.717) is 10.1 Å². The van der Waals surface area contributed by atoms with Crippen LogP contribution in [0, 0.1) is 0 Å². The van der Waals surface area contributed by atoms with Crippen molar-refractivity contribution in [3.63, 3.8) is 0 Å². The van der Waals surface area contributed by atoms with Crippen molar-refractivity contribution < 1.29 is 0 Å². The molecule has 5 heteroatoms. The molecule has 2 N–H and O–H groups in total. The monoisotopic (exact) mass is 317 g/mol. The van der Waals surface area contributed by atoms with Crippen molar-refractivity contribution in [2.45, 2.75) is 19.0 Å². The number of hydrogen-bond donors (Lipinski definition) is 2. The van der Waals surface area contributed by atoms with Gasteiger partial charge in [0.25, 0.3) is 0 Å². The van der Waals surface area contributed by atoms with E-state index in [1.54, 1.807) is 0 Å². The molecule has 1 heterocycles. The number of rotatable bonds is 3. The van der Waals surface area contributed by atoms with Gasteiger partial charge in [0.2, 0.25) is 0 Å². The third kappa shape index (κ3) is 3.18. The SMILES string of the molecule is CC1(Cc2ccccc2)NC(=S)N(c2ccc(Cl)cc2)N1. The predicted octanol–water partition coefficient (Wildman–Crippen LogP) is 3.50. The Labute approximate surface area is 134 Å². The third-order valence-electron chi connectivity index (χ3n) is 3.43. The maximum Gasteiger partial charge on any atom is 0.189 e. The number of benzene rings is 2. The third-order valence-corrected chi connectivity index (χ3v) is 3.97. The molecule has 1 fully saturated rings. The van der Waals surface area contributed by atoms with E-state index in [0.717, 1.165) is 12.1 Å². The van der Waals surface area contributed by atoms with Crippen LogP contribution in [0.4, 0.5) is 5.69 Å². The summed E-state index contributed by atoms with van der Waals surface area (Å²) < 4.78 is 0. The van der Waals surface area contributed by atoms with Gasteiger partial charge in [0.1, 0.15) is 5.66 Å². The van der Waals surface area contributed by atoms with Crippen molar-refractivity contribution in [1.29, 1.82) is 0 Å². The maximum atomic E-state index is 5.93. The van der Waals surface area contributed by atoms with Gasteiger partial charge < -0.3 is 5.32 Å². The average molecular weight is 318 g/mol. The molecule has 0 aromatic heterocycles. The van der Waals surface area contributed by atoms with Gasteiger partial charge >= 0.3 is 0 Å². The predicted molar refractivity (Wildman–Crippen MR) is 91.4 cm³/mol. The van der Waals surface area contributed by atoms with Gasteiger partial charge in [0.05, 0.1) is 5.69 Å². The fourth-order valence-electron chi connectivity index (χ4n) is 2.48. The first-order valence-corrected chi connectivity index (χ1v) is 7.54. The Morgan fingerprint density at radius 3 is 2.43 bits per heavy atom. The first-order chi connectivity index (χ1) is 10.1. The maximum absolute atomic E-state index is 5.93. The zero-order valence-corrected chi connectivity index (χ0v) is 13.2. The summed E-state index contributed by atoms with van der Waals surface area (Å²) in [5.41, 5.74) is 5.35. The molecule has 1 aliphatic heterocycles. The molecular weight excluding hydrogens is 302 g/mol. The lowest BCUT2D eigenvalue weighted by Gasteiger charge is -2.25. The van der Waals surface area contributed by atoms with Gasteiger partial charge in [0, 0.05) is 11.4 Å². The molecule has 0 aliphatic carbocycles. The van der Waals surface area contributed by atoms with E-state index in [-0.39, 0.29) is 5.66 Å². The number of hydrogen-bond acceptors (Lipinski definition) is 2. The van der Waals surface area contributed by atoms with Gasteiger partial charge in [0.15, 0.2) is 5.11 Å². The molecular formula is C16H16ClN3S. The normalized spacial score (nSPS) is 21.4. The topological polar surface area (TPSA) is 27.3 Å². The van der Waals surface area contributed by atoms with Crippen LogP contribution >= 0.6 is 23.8 Å². The first-order valence-electron chi connectivity index (χ1n) is 6.75. The second kappa shape index (κ2) is 5.64. The van der Waals surface area contributed by atoms with E-state index in [4.69, 9.17) is 23.8 Å². The lowest BCUT2D eigenvalue weighted by molar-refractivity contribution is 0.372. The number of thiocarbonyl (C=S) groups is 1. The minimum absolute atomic E-state index is 0.307.